The highest BCUT2D eigenvalue weighted by Crippen LogP contribution is 2.22. The molecule has 1 aliphatic rings. The molecular formula is C21H24N6O2. The van der Waals surface area contributed by atoms with Crippen molar-refractivity contribution in [2.45, 2.75) is 19.4 Å². The van der Waals surface area contributed by atoms with Crippen LogP contribution >= 0.6 is 0 Å². The highest BCUT2D eigenvalue weighted by Gasteiger charge is 2.25. The predicted molar refractivity (Wildman–Crippen MR) is 109 cm³/mol. The molecule has 1 aliphatic heterocycles. The molecule has 1 aromatic carbocycles. The molecule has 2 aromatic heterocycles. The maximum Gasteiger partial charge on any atom is 0.223 e. The van der Waals surface area contributed by atoms with E-state index >= 15 is 0 Å². The molecule has 29 heavy (non-hydrogen) atoms. The topological polar surface area (TPSA) is 85.2 Å². The summed E-state index contributed by atoms with van der Waals surface area (Å²) in [4.78, 5) is 14.7. The van der Waals surface area contributed by atoms with Crippen LogP contribution in [0.3, 0.4) is 0 Å². The Balaban J connectivity index is 1.28. The van der Waals surface area contributed by atoms with E-state index in [4.69, 9.17) is 4.74 Å². The minimum absolute atomic E-state index is 0.0214. The molecule has 0 unspecified atom stereocenters. The summed E-state index contributed by atoms with van der Waals surface area (Å²) in [5.74, 6) is 2.44. The van der Waals surface area contributed by atoms with Crippen molar-refractivity contribution in [3.05, 3.63) is 60.4 Å². The number of methoxy groups -OCH3 is 1. The van der Waals surface area contributed by atoms with Gasteiger partial charge in [-0.3, -0.25) is 4.79 Å². The Bertz CT molecular complexity index is 934. The van der Waals surface area contributed by atoms with Gasteiger partial charge in [0.15, 0.2) is 11.6 Å². The Morgan fingerprint density at radius 3 is 2.62 bits per heavy atom. The third-order valence-corrected chi connectivity index (χ3v) is 5.17. The zero-order chi connectivity index (χ0) is 20.1. The predicted octanol–water partition coefficient (Wildman–Crippen LogP) is 2.20. The van der Waals surface area contributed by atoms with Crippen LogP contribution in [0.1, 0.15) is 18.4 Å². The van der Waals surface area contributed by atoms with Crippen molar-refractivity contribution in [3.63, 3.8) is 0 Å². The van der Waals surface area contributed by atoms with E-state index in [0.717, 1.165) is 43.1 Å². The number of hydrogen-bond acceptors (Lipinski definition) is 6. The SMILES string of the molecule is COc1cccc(CNC(=O)C2CCN(c3ccc(-n4cccn4)nn3)CC2)c1. The van der Waals surface area contributed by atoms with Crippen LogP contribution in [-0.2, 0) is 11.3 Å². The number of piperidine rings is 1. The third-order valence-electron chi connectivity index (χ3n) is 5.17. The van der Waals surface area contributed by atoms with Crippen molar-refractivity contribution in [2.24, 2.45) is 5.92 Å². The summed E-state index contributed by atoms with van der Waals surface area (Å²) in [5.41, 5.74) is 1.03. The van der Waals surface area contributed by atoms with Crippen LogP contribution < -0.4 is 15.0 Å². The zero-order valence-corrected chi connectivity index (χ0v) is 16.4. The van der Waals surface area contributed by atoms with Crippen LogP contribution in [0.2, 0.25) is 0 Å². The number of nitrogens with one attached hydrogen (secondary N) is 1. The van der Waals surface area contributed by atoms with Crippen LogP contribution in [0.15, 0.2) is 54.9 Å². The number of aromatic nitrogens is 4. The molecule has 3 heterocycles. The van der Waals surface area contributed by atoms with Crippen molar-refractivity contribution in [2.75, 3.05) is 25.1 Å². The van der Waals surface area contributed by atoms with E-state index in [-0.39, 0.29) is 11.8 Å². The Kier molecular flexibility index (Phi) is 5.69. The van der Waals surface area contributed by atoms with E-state index in [1.807, 2.05) is 48.7 Å². The highest BCUT2D eigenvalue weighted by molar-refractivity contribution is 5.79. The molecule has 150 valence electrons. The van der Waals surface area contributed by atoms with E-state index in [1.54, 1.807) is 18.0 Å². The summed E-state index contributed by atoms with van der Waals surface area (Å²) in [7, 11) is 1.64. The minimum Gasteiger partial charge on any atom is -0.497 e. The Labute approximate surface area is 169 Å². The standard InChI is InChI=1S/C21H24N6O2/c1-29-18-5-2-4-16(14-18)15-22-21(28)17-8-12-26(13-9-17)19-6-7-20(25-24-19)27-11-3-10-23-27/h2-7,10-11,14,17H,8-9,12-13,15H2,1H3,(H,22,28). The van der Waals surface area contributed by atoms with Crippen LogP contribution in [0, 0.1) is 5.92 Å². The molecule has 8 nitrogen and oxygen atoms in total. The lowest BCUT2D eigenvalue weighted by molar-refractivity contribution is -0.125. The molecule has 8 heteroatoms. The second-order valence-electron chi connectivity index (χ2n) is 7.03. The maximum absolute atomic E-state index is 12.5. The molecule has 1 fully saturated rings. The number of hydrogen-bond donors (Lipinski definition) is 1. The quantitative estimate of drug-likeness (QED) is 0.692. The van der Waals surface area contributed by atoms with Gasteiger partial charge in [-0.1, -0.05) is 12.1 Å². The van der Waals surface area contributed by atoms with Gasteiger partial charge >= 0.3 is 0 Å². The lowest BCUT2D eigenvalue weighted by Gasteiger charge is -2.31. The first-order valence-corrected chi connectivity index (χ1v) is 9.72. The first kappa shape index (κ1) is 18.9. The smallest absolute Gasteiger partial charge is 0.223 e. The zero-order valence-electron chi connectivity index (χ0n) is 16.4. The molecule has 4 rings (SSSR count). The van der Waals surface area contributed by atoms with E-state index in [1.165, 1.54) is 0 Å². The Morgan fingerprint density at radius 2 is 1.93 bits per heavy atom. The molecule has 0 radical (unpaired) electrons. The molecule has 0 aliphatic carbocycles. The number of carbonyl (C=O) groups is 1. The first-order valence-electron chi connectivity index (χ1n) is 9.72. The second kappa shape index (κ2) is 8.72. The number of anilines is 1. The Morgan fingerprint density at radius 1 is 1.14 bits per heavy atom. The van der Waals surface area contributed by atoms with Gasteiger partial charge in [-0.25, -0.2) is 4.68 Å². The van der Waals surface area contributed by atoms with Crippen molar-refractivity contribution in [1.29, 1.82) is 0 Å². The number of amides is 1. The molecule has 0 saturated carbocycles. The van der Waals surface area contributed by atoms with Crippen LogP contribution in [-0.4, -0.2) is 46.1 Å². The molecule has 1 amide bonds. The molecule has 1 saturated heterocycles. The number of rotatable bonds is 6. The van der Waals surface area contributed by atoms with Crippen molar-refractivity contribution in [3.8, 4) is 11.6 Å². The van der Waals surface area contributed by atoms with Crippen LogP contribution in [0.4, 0.5) is 5.82 Å². The number of carbonyl (C=O) groups excluding carboxylic acids is 1. The molecule has 0 atom stereocenters. The maximum atomic E-state index is 12.5. The summed E-state index contributed by atoms with van der Waals surface area (Å²) in [5, 5.41) is 15.8. The summed E-state index contributed by atoms with van der Waals surface area (Å²) in [6.45, 7) is 2.08. The van der Waals surface area contributed by atoms with E-state index in [9.17, 15) is 4.79 Å². The minimum atomic E-state index is 0.0214. The van der Waals surface area contributed by atoms with Crippen LogP contribution in [0.25, 0.3) is 5.82 Å². The normalized spacial score (nSPS) is 14.6. The molecule has 0 spiro atoms. The van der Waals surface area contributed by atoms with Gasteiger partial charge in [0.2, 0.25) is 5.91 Å². The molecule has 3 aromatic rings. The average molecular weight is 392 g/mol. The molecule has 1 N–H and O–H groups in total. The third kappa shape index (κ3) is 4.53. The van der Waals surface area contributed by atoms with Crippen molar-refractivity contribution >= 4 is 11.7 Å². The van der Waals surface area contributed by atoms with Gasteiger partial charge in [-0.2, -0.15) is 5.10 Å². The highest BCUT2D eigenvalue weighted by atomic mass is 16.5. The number of nitrogens with zero attached hydrogens (tertiary/aromatic N) is 5. The lowest BCUT2D eigenvalue weighted by Crippen LogP contribution is -2.40. The van der Waals surface area contributed by atoms with Crippen molar-refractivity contribution in [1.82, 2.24) is 25.3 Å². The fraction of sp³-hybridized carbons (Fsp3) is 0.333. The average Bonchev–Trinajstić information content (AvgIpc) is 3.33. The summed E-state index contributed by atoms with van der Waals surface area (Å²) in [6, 6.07) is 13.4. The van der Waals surface area contributed by atoms with E-state index in [2.05, 4.69) is 25.5 Å². The van der Waals surface area contributed by atoms with Gasteiger partial charge < -0.3 is 15.0 Å². The van der Waals surface area contributed by atoms with Gasteiger partial charge in [-0.05, 0) is 48.7 Å². The van der Waals surface area contributed by atoms with Crippen molar-refractivity contribution < 1.29 is 9.53 Å². The fourth-order valence-corrected chi connectivity index (χ4v) is 3.50. The lowest BCUT2D eigenvalue weighted by atomic mass is 9.96. The molecule has 0 bridgehead atoms. The van der Waals surface area contributed by atoms with E-state index < -0.39 is 0 Å². The number of benzene rings is 1. The van der Waals surface area contributed by atoms with Gasteiger partial charge in [0, 0.05) is 37.9 Å². The van der Waals surface area contributed by atoms with Crippen LogP contribution in [0.5, 0.6) is 5.75 Å². The largest absolute Gasteiger partial charge is 0.497 e. The molecular weight excluding hydrogens is 368 g/mol. The first-order chi connectivity index (χ1) is 14.2. The number of ether oxygens (including phenoxy) is 1. The van der Waals surface area contributed by atoms with Gasteiger partial charge in [-0.15, -0.1) is 10.2 Å². The summed E-state index contributed by atoms with van der Waals surface area (Å²) < 4.78 is 6.90. The summed E-state index contributed by atoms with van der Waals surface area (Å²) in [6.07, 6.45) is 5.14. The Hall–Kier alpha value is -3.42. The fourth-order valence-electron chi connectivity index (χ4n) is 3.50. The second-order valence-corrected chi connectivity index (χ2v) is 7.03. The van der Waals surface area contributed by atoms with Gasteiger partial charge in [0.1, 0.15) is 5.75 Å². The summed E-state index contributed by atoms with van der Waals surface area (Å²) >= 11 is 0. The van der Waals surface area contributed by atoms with Gasteiger partial charge in [0.25, 0.3) is 0 Å². The van der Waals surface area contributed by atoms with E-state index in [0.29, 0.717) is 12.4 Å². The van der Waals surface area contributed by atoms with Gasteiger partial charge in [0.05, 0.1) is 7.11 Å². The monoisotopic (exact) mass is 392 g/mol.